The number of rotatable bonds is 2. The molecule has 0 saturated heterocycles. The minimum atomic E-state index is -1.46. The van der Waals surface area contributed by atoms with E-state index in [1.807, 2.05) is 0 Å². The second-order valence-electron chi connectivity index (χ2n) is 2.24. The number of carbonyl (C=O) groups is 1. The number of hydrogen-bond acceptors (Lipinski definition) is 4. The summed E-state index contributed by atoms with van der Waals surface area (Å²) < 4.78 is 0. The third-order valence-corrected chi connectivity index (χ3v) is 1.40. The Morgan fingerprint density at radius 1 is 1.46 bits per heavy atom. The molecule has 13 heavy (non-hydrogen) atoms. The zero-order valence-corrected chi connectivity index (χ0v) is 6.26. The summed E-state index contributed by atoms with van der Waals surface area (Å²) in [6.45, 7) is 0. The lowest BCUT2D eigenvalue weighted by Crippen LogP contribution is -2.04. The minimum absolute atomic E-state index is 0.406. The van der Waals surface area contributed by atoms with E-state index in [0.29, 0.717) is 0 Å². The average Bonchev–Trinajstić information content (AvgIpc) is 2.04. The molecular weight excluding hydrogens is 178 g/mol. The van der Waals surface area contributed by atoms with Crippen LogP contribution in [-0.4, -0.2) is 16.0 Å². The maximum absolute atomic E-state index is 10.8. The first-order valence-electron chi connectivity index (χ1n) is 3.21. The van der Waals surface area contributed by atoms with Crippen molar-refractivity contribution in [2.24, 2.45) is 0 Å². The van der Waals surface area contributed by atoms with E-state index in [1.165, 1.54) is 0 Å². The molecule has 0 radical (unpaired) electrons. The van der Waals surface area contributed by atoms with Gasteiger partial charge in [0.25, 0.3) is 5.69 Å². The average molecular weight is 182 g/mol. The van der Waals surface area contributed by atoms with Crippen molar-refractivity contribution < 1.29 is 19.9 Å². The summed E-state index contributed by atoms with van der Waals surface area (Å²) in [7, 11) is 0. The van der Waals surface area contributed by atoms with Crippen LogP contribution < -0.4 is 5.11 Å². The Labute approximate surface area is 72.2 Å². The normalized spacial score (nSPS) is 9.54. The number of nitro groups is 1. The standard InChI is InChI=1S/C7H5NO5/c9-6-2-1-4(8(12)13)3-5(6)7(10)11/h1-3,9H,(H,10,11)/p-1. The van der Waals surface area contributed by atoms with Crippen molar-refractivity contribution in [3.05, 3.63) is 33.9 Å². The van der Waals surface area contributed by atoms with Crippen molar-refractivity contribution in [2.75, 3.05) is 0 Å². The molecule has 0 bridgehead atoms. The first-order valence-corrected chi connectivity index (χ1v) is 3.21. The van der Waals surface area contributed by atoms with Crippen LogP contribution in [0.4, 0.5) is 5.69 Å². The van der Waals surface area contributed by atoms with Crippen LogP contribution >= 0.6 is 0 Å². The van der Waals surface area contributed by atoms with Crippen molar-refractivity contribution in [3.8, 4) is 5.75 Å². The summed E-state index contributed by atoms with van der Waals surface area (Å²) in [5, 5.41) is 29.5. The second-order valence-corrected chi connectivity index (χ2v) is 2.24. The molecule has 6 nitrogen and oxygen atoms in total. The van der Waals surface area contributed by atoms with Gasteiger partial charge in [-0.2, -0.15) is 0 Å². The van der Waals surface area contributed by atoms with Crippen LogP contribution in [0.25, 0.3) is 0 Å². The van der Waals surface area contributed by atoms with Gasteiger partial charge in [0, 0.05) is 12.1 Å². The number of non-ortho nitro benzene ring substituents is 1. The number of hydrogen-bond donors (Lipinski definition) is 1. The molecule has 6 heteroatoms. The Morgan fingerprint density at radius 3 is 2.54 bits per heavy atom. The molecule has 0 aliphatic rings. The van der Waals surface area contributed by atoms with Crippen LogP contribution in [0.2, 0.25) is 0 Å². The number of nitrogens with zero attached hydrogens (tertiary/aromatic N) is 1. The molecule has 1 aromatic carbocycles. The number of aromatic carboxylic acids is 1. The fraction of sp³-hybridized carbons (Fsp3) is 0. The fourth-order valence-electron chi connectivity index (χ4n) is 0.799. The minimum Gasteiger partial charge on any atom is -0.872 e. The van der Waals surface area contributed by atoms with Crippen LogP contribution in [0.3, 0.4) is 0 Å². The van der Waals surface area contributed by atoms with E-state index >= 15 is 0 Å². The molecule has 0 heterocycles. The zero-order chi connectivity index (χ0) is 10.0. The van der Waals surface area contributed by atoms with Crippen LogP contribution in [0, 0.1) is 10.1 Å². The summed E-state index contributed by atoms with van der Waals surface area (Å²) in [5.41, 5.74) is -0.994. The van der Waals surface area contributed by atoms with Gasteiger partial charge >= 0.3 is 5.97 Å². The van der Waals surface area contributed by atoms with Gasteiger partial charge in [0.05, 0.1) is 10.5 Å². The molecule has 1 aromatic rings. The highest BCUT2D eigenvalue weighted by Gasteiger charge is 2.10. The quantitative estimate of drug-likeness (QED) is 0.525. The highest BCUT2D eigenvalue weighted by Crippen LogP contribution is 2.20. The molecule has 0 atom stereocenters. The van der Waals surface area contributed by atoms with Crippen molar-refractivity contribution in [2.45, 2.75) is 0 Å². The first kappa shape index (κ1) is 8.98. The topological polar surface area (TPSA) is 104 Å². The van der Waals surface area contributed by atoms with E-state index in [2.05, 4.69) is 0 Å². The lowest BCUT2D eigenvalue weighted by Gasteiger charge is -2.07. The number of carboxylic acid groups (broad SMARTS) is 1. The van der Waals surface area contributed by atoms with E-state index < -0.39 is 27.9 Å². The molecule has 0 aliphatic carbocycles. The Balaban J connectivity index is 3.27. The van der Waals surface area contributed by atoms with Gasteiger partial charge in [-0.05, 0) is 0 Å². The molecule has 1 rings (SSSR count). The summed E-state index contributed by atoms with van der Waals surface area (Å²) in [5.74, 6) is -2.20. The molecule has 0 aliphatic heterocycles. The van der Waals surface area contributed by atoms with E-state index in [-0.39, 0.29) is 0 Å². The molecule has 0 saturated carbocycles. The SMILES string of the molecule is O=C(O)c1cc([N+](=O)[O-])ccc1[O-]. The molecule has 0 spiro atoms. The monoisotopic (exact) mass is 182 g/mol. The number of benzene rings is 1. The summed E-state index contributed by atoms with van der Waals surface area (Å²) >= 11 is 0. The summed E-state index contributed by atoms with van der Waals surface area (Å²) in [6, 6.07) is 2.57. The van der Waals surface area contributed by atoms with Gasteiger partial charge in [-0.25, -0.2) is 4.79 Å². The summed E-state index contributed by atoms with van der Waals surface area (Å²) in [6.07, 6.45) is 0. The highest BCUT2D eigenvalue weighted by atomic mass is 16.6. The maximum atomic E-state index is 10.8. The Kier molecular flexibility index (Phi) is 2.14. The maximum Gasteiger partial charge on any atom is 0.335 e. The lowest BCUT2D eigenvalue weighted by molar-refractivity contribution is -0.385. The van der Waals surface area contributed by atoms with E-state index in [0.717, 1.165) is 18.2 Å². The van der Waals surface area contributed by atoms with Crippen LogP contribution in [0.1, 0.15) is 10.4 Å². The molecule has 68 valence electrons. The van der Waals surface area contributed by atoms with Gasteiger partial charge in [-0.3, -0.25) is 10.1 Å². The highest BCUT2D eigenvalue weighted by molar-refractivity contribution is 5.91. The molecule has 0 amide bonds. The first-order chi connectivity index (χ1) is 6.02. The molecular formula is C7H4NO5-. The van der Waals surface area contributed by atoms with Crippen molar-refractivity contribution in [1.82, 2.24) is 0 Å². The number of nitro benzene ring substituents is 1. The van der Waals surface area contributed by atoms with Crippen LogP contribution in [0.15, 0.2) is 18.2 Å². The van der Waals surface area contributed by atoms with Gasteiger partial charge in [0.2, 0.25) is 0 Å². The molecule has 1 N–H and O–H groups in total. The lowest BCUT2D eigenvalue weighted by atomic mass is 10.2. The Hall–Kier alpha value is -2.11. The predicted molar refractivity (Wildman–Crippen MR) is 39.5 cm³/mol. The van der Waals surface area contributed by atoms with E-state index in [9.17, 15) is 20.0 Å². The third kappa shape index (κ3) is 1.73. The van der Waals surface area contributed by atoms with Gasteiger partial charge in [0.1, 0.15) is 0 Å². The number of carboxylic acids is 1. The Bertz CT molecular complexity index is 373. The van der Waals surface area contributed by atoms with Gasteiger partial charge in [0.15, 0.2) is 0 Å². The van der Waals surface area contributed by atoms with Crippen molar-refractivity contribution >= 4 is 11.7 Å². The van der Waals surface area contributed by atoms with Crippen LogP contribution in [0.5, 0.6) is 5.75 Å². The van der Waals surface area contributed by atoms with Crippen molar-refractivity contribution in [3.63, 3.8) is 0 Å². The fourth-order valence-corrected chi connectivity index (χ4v) is 0.799. The van der Waals surface area contributed by atoms with Gasteiger partial charge in [-0.1, -0.05) is 11.8 Å². The third-order valence-electron chi connectivity index (χ3n) is 1.40. The largest absolute Gasteiger partial charge is 0.872 e. The van der Waals surface area contributed by atoms with E-state index in [4.69, 9.17) is 5.11 Å². The zero-order valence-electron chi connectivity index (χ0n) is 6.26. The van der Waals surface area contributed by atoms with E-state index in [1.54, 1.807) is 0 Å². The van der Waals surface area contributed by atoms with Crippen molar-refractivity contribution in [1.29, 1.82) is 0 Å². The predicted octanol–water partition coefficient (Wildman–Crippen LogP) is 0.367. The smallest absolute Gasteiger partial charge is 0.335 e. The molecule has 0 unspecified atom stereocenters. The van der Waals surface area contributed by atoms with Crippen LogP contribution in [-0.2, 0) is 0 Å². The molecule has 0 fully saturated rings. The second kappa shape index (κ2) is 3.10. The van der Waals surface area contributed by atoms with Gasteiger partial charge < -0.3 is 10.2 Å². The van der Waals surface area contributed by atoms with Gasteiger partial charge in [-0.15, -0.1) is 0 Å². The molecule has 0 aromatic heterocycles. The Morgan fingerprint density at radius 2 is 2.08 bits per heavy atom. The summed E-state index contributed by atoms with van der Waals surface area (Å²) in [4.78, 5) is 19.8.